The number of methoxy groups -OCH3 is 4. The molecule has 0 aliphatic carbocycles. The fraction of sp³-hybridized carbons (Fsp3) is 0.230. The van der Waals surface area contributed by atoms with Crippen molar-refractivity contribution in [2.45, 2.75) is 55.9 Å². The lowest BCUT2D eigenvalue weighted by atomic mass is 9.79. The molecule has 9 aromatic rings. The third kappa shape index (κ3) is 10.1. The number of rotatable bonds is 21. The highest BCUT2D eigenvalue weighted by molar-refractivity contribution is 5.76. The molecule has 0 unspecified atom stereocenters. The van der Waals surface area contributed by atoms with Crippen molar-refractivity contribution in [2.24, 2.45) is 0 Å². The zero-order chi connectivity index (χ0) is 51.8. The van der Waals surface area contributed by atoms with E-state index < -0.39 is 29.6 Å². The van der Waals surface area contributed by atoms with Crippen molar-refractivity contribution in [1.82, 2.24) is 19.5 Å². The molecular weight excluding hydrogens is 949 g/mol. The van der Waals surface area contributed by atoms with Crippen molar-refractivity contribution in [1.29, 1.82) is 0 Å². The molecule has 0 saturated carbocycles. The summed E-state index contributed by atoms with van der Waals surface area (Å²) in [7, 11) is 6.62. The first-order valence-corrected chi connectivity index (χ1v) is 24.6. The zero-order valence-corrected chi connectivity index (χ0v) is 42.1. The predicted molar refractivity (Wildman–Crippen MR) is 282 cm³/mol. The van der Waals surface area contributed by atoms with Gasteiger partial charge in [0, 0.05) is 6.42 Å². The molecule has 382 valence electrons. The number of nitrogens with zero attached hydrogens (tertiary/aromatic N) is 4. The highest BCUT2D eigenvalue weighted by Gasteiger charge is 2.41. The Kier molecular flexibility index (Phi) is 15.2. The van der Waals surface area contributed by atoms with E-state index in [9.17, 15) is 10.2 Å². The van der Waals surface area contributed by atoms with E-state index in [2.05, 4.69) is 51.4 Å². The Labute approximate surface area is 435 Å². The van der Waals surface area contributed by atoms with Crippen LogP contribution in [-0.4, -0.2) is 77.0 Å². The Morgan fingerprint density at radius 1 is 0.533 bits per heavy atom. The summed E-state index contributed by atoms with van der Waals surface area (Å²) in [6.45, 7) is 0.0775. The van der Waals surface area contributed by atoms with Gasteiger partial charge in [0.1, 0.15) is 59.5 Å². The maximum absolute atomic E-state index is 10.5. The lowest BCUT2D eigenvalue weighted by molar-refractivity contribution is -0.0432. The van der Waals surface area contributed by atoms with E-state index in [0.29, 0.717) is 22.7 Å². The molecule has 14 nitrogen and oxygen atoms in total. The molecule has 3 atom stereocenters. The van der Waals surface area contributed by atoms with Gasteiger partial charge in [-0.15, -0.1) is 0 Å². The summed E-state index contributed by atoms with van der Waals surface area (Å²) in [4.78, 5) is 13.6. The molecule has 3 heterocycles. The number of imidazole rings is 1. The Balaban J connectivity index is 1.07. The standard InChI is InChI=1S/C61H58N4O10/c1-68-50-25-17-46(18-26-50)60(44-11-7-5-8-12-44,47-19-27-51(69-2)28-20-47)73-37-42-16-15-41(36-72-59-57-58(62-39-63-59)65(40-64-57)56-34-54(67)55(35-66)75-56)33-43(42)38-74-61(45-13-9-6-10-14-45,48-21-29-52(70-3)30-22-48)49-23-31-53(71-4)32-24-49/h5-33,39-40,54-56,66-67H,34-38H2,1-4H3/t54-,55+,56+/m0/s1. The van der Waals surface area contributed by atoms with Crippen LogP contribution in [0.15, 0.2) is 189 Å². The number of aliphatic hydroxyl groups excluding tert-OH is 2. The van der Waals surface area contributed by atoms with Crippen LogP contribution >= 0.6 is 0 Å². The Bertz CT molecular complexity index is 3190. The summed E-state index contributed by atoms with van der Waals surface area (Å²) in [6.07, 6.45) is 1.17. The molecule has 1 saturated heterocycles. The fourth-order valence-electron chi connectivity index (χ4n) is 9.91. The summed E-state index contributed by atoms with van der Waals surface area (Å²) < 4.78 is 51.8. The maximum atomic E-state index is 10.5. The first-order chi connectivity index (χ1) is 36.8. The number of hydrogen-bond acceptors (Lipinski definition) is 13. The minimum atomic E-state index is -1.13. The van der Waals surface area contributed by atoms with E-state index in [1.54, 1.807) is 39.3 Å². The lowest BCUT2D eigenvalue weighted by Gasteiger charge is -2.37. The molecule has 2 aromatic heterocycles. The largest absolute Gasteiger partial charge is 0.497 e. The van der Waals surface area contributed by atoms with Crippen LogP contribution in [0.2, 0.25) is 0 Å². The maximum Gasteiger partial charge on any atom is 0.245 e. The van der Waals surface area contributed by atoms with Gasteiger partial charge >= 0.3 is 0 Å². The molecular formula is C61H58N4O10. The van der Waals surface area contributed by atoms with Gasteiger partial charge in [0.05, 0.1) is 60.7 Å². The van der Waals surface area contributed by atoms with Crippen molar-refractivity contribution >= 4 is 11.2 Å². The van der Waals surface area contributed by atoms with E-state index in [1.807, 2.05) is 140 Å². The molecule has 75 heavy (non-hydrogen) atoms. The topological polar surface area (TPSA) is 158 Å². The number of hydrogen-bond donors (Lipinski definition) is 2. The van der Waals surface area contributed by atoms with Gasteiger partial charge in [-0.3, -0.25) is 4.57 Å². The summed E-state index contributed by atoms with van der Waals surface area (Å²) in [5, 5.41) is 20.2. The molecule has 7 aromatic carbocycles. The second kappa shape index (κ2) is 22.6. The SMILES string of the molecule is COc1ccc(C(OCc2ccc(COc3ncnc4c3ncn4[C@H]3C[C@H](O)[C@@H](CO)O3)cc2COC(c2ccccc2)(c2ccc(OC)cc2)c2ccc(OC)cc2)(c2ccccc2)c2ccc(OC)cc2)cc1. The van der Waals surface area contributed by atoms with E-state index in [1.165, 1.54) is 6.33 Å². The van der Waals surface area contributed by atoms with Crippen molar-refractivity contribution in [3.63, 3.8) is 0 Å². The van der Waals surface area contributed by atoms with Gasteiger partial charge in [0.25, 0.3) is 0 Å². The van der Waals surface area contributed by atoms with Crippen molar-refractivity contribution in [3.8, 4) is 28.9 Å². The monoisotopic (exact) mass is 1010 g/mol. The molecule has 2 N–H and O–H groups in total. The quantitative estimate of drug-likeness (QED) is 0.0656. The molecule has 10 rings (SSSR count). The molecule has 1 aliphatic rings. The molecule has 0 bridgehead atoms. The highest BCUT2D eigenvalue weighted by Crippen LogP contribution is 2.45. The summed E-state index contributed by atoms with van der Waals surface area (Å²) >= 11 is 0. The molecule has 0 amide bonds. The molecule has 0 radical (unpaired) electrons. The van der Waals surface area contributed by atoms with Gasteiger partial charge < -0.3 is 48.1 Å². The van der Waals surface area contributed by atoms with Gasteiger partial charge in [0.2, 0.25) is 5.88 Å². The van der Waals surface area contributed by atoms with Crippen LogP contribution in [0.4, 0.5) is 0 Å². The Morgan fingerprint density at radius 2 is 0.987 bits per heavy atom. The second-order valence-corrected chi connectivity index (χ2v) is 18.1. The number of benzene rings is 7. The molecule has 1 aliphatic heterocycles. The Morgan fingerprint density at radius 3 is 1.43 bits per heavy atom. The average Bonchev–Trinajstić information content (AvgIpc) is 4.10. The summed E-state index contributed by atoms with van der Waals surface area (Å²) in [5.41, 5.74) is 6.60. The van der Waals surface area contributed by atoms with Crippen LogP contribution in [0.3, 0.4) is 0 Å². The van der Waals surface area contributed by atoms with E-state index in [0.717, 1.165) is 61.6 Å². The number of aromatic nitrogens is 4. The van der Waals surface area contributed by atoms with Crippen LogP contribution < -0.4 is 23.7 Å². The van der Waals surface area contributed by atoms with Crippen LogP contribution in [0.1, 0.15) is 62.7 Å². The van der Waals surface area contributed by atoms with Gasteiger partial charge in [-0.25, -0.2) is 9.97 Å². The first kappa shape index (κ1) is 50.4. The smallest absolute Gasteiger partial charge is 0.245 e. The fourth-order valence-corrected chi connectivity index (χ4v) is 9.91. The van der Waals surface area contributed by atoms with Gasteiger partial charge in [0.15, 0.2) is 11.2 Å². The van der Waals surface area contributed by atoms with Crippen LogP contribution in [0.25, 0.3) is 11.2 Å². The van der Waals surface area contributed by atoms with Crippen LogP contribution in [-0.2, 0) is 45.2 Å². The third-order valence-electron chi connectivity index (χ3n) is 13.9. The zero-order valence-electron chi connectivity index (χ0n) is 42.1. The molecule has 1 fully saturated rings. The van der Waals surface area contributed by atoms with Gasteiger partial charge in [-0.1, -0.05) is 121 Å². The normalized spacial score (nSPS) is 15.7. The van der Waals surface area contributed by atoms with Crippen molar-refractivity contribution in [3.05, 3.63) is 239 Å². The average molecular weight is 1010 g/mol. The van der Waals surface area contributed by atoms with Gasteiger partial charge in [-0.2, -0.15) is 4.98 Å². The minimum Gasteiger partial charge on any atom is -0.497 e. The summed E-state index contributed by atoms with van der Waals surface area (Å²) in [6, 6.07) is 58.5. The third-order valence-corrected chi connectivity index (χ3v) is 13.9. The lowest BCUT2D eigenvalue weighted by Crippen LogP contribution is -2.34. The minimum absolute atomic E-state index is 0.116. The number of aliphatic hydroxyl groups is 2. The summed E-state index contributed by atoms with van der Waals surface area (Å²) in [5.74, 6) is 3.14. The predicted octanol–water partition coefficient (Wildman–Crippen LogP) is 10.1. The van der Waals surface area contributed by atoms with Crippen LogP contribution in [0.5, 0.6) is 28.9 Å². The molecule has 0 spiro atoms. The van der Waals surface area contributed by atoms with Crippen LogP contribution in [0, 0.1) is 0 Å². The Hall–Kier alpha value is -8.11. The van der Waals surface area contributed by atoms with E-state index in [4.69, 9.17) is 37.9 Å². The van der Waals surface area contributed by atoms with Crippen molar-refractivity contribution < 1.29 is 48.1 Å². The number of fused-ring (bicyclic) bond motifs is 1. The van der Waals surface area contributed by atoms with Crippen molar-refractivity contribution in [2.75, 3.05) is 35.0 Å². The van der Waals surface area contributed by atoms with E-state index >= 15 is 0 Å². The van der Waals surface area contributed by atoms with E-state index in [-0.39, 0.29) is 38.7 Å². The van der Waals surface area contributed by atoms with Gasteiger partial charge in [-0.05, 0) is 105 Å². The highest BCUT2D eigenvalue weighted by atomic mass is 16.5. The second-order valence-electron chi connectivity index (χ2n) is 18.1. The molecule has 14 heteroatoms. The first-order valence-electron chi connectivity index (χ1n) is 24.6. The number of ether oxygens (including phenoxy) is 8.